The maximum Gasteiger partial charge on any atom is 0.494 e. The zero-order valence-corrected chi connectivity index (χ0v) is 14.8. The van der Waals surface area contributed by atoms with Crippen LogP contribution < -0.4 is 10.2 Å². The van der Waals surface area contributed by atoms with Crippen molar-refractivity contribution in [3.63, 3.8) is 0 Å². The first-order chi connectivity index (χ1) is 10.7. The van der Waals surface area contributed by atoms with E-state index >= 15 is 0 Å². The number of carbonyl (C=O) groups excluding carboxylic acids is 1. The van der Waals surface area contributed by atoms with Gasteiger partial charge in [-0.25, -0.2) is 4.79 Å². The Kier molecular flexibility index (Phi) is 5.06. The molecule has 1 fully saturated rings. The van der Waals surface area contributed by atoms with Crippen LogP contribution in [0.15, 0.2) is 18.2 Å². The fraction of sp³-hybridized carbons (Fsp3) is 0.588. The first-order valence-corrected chi connectivity index (χ1v) is 8.00. The van der Waals surface area contributed by atoms with Gasteiger partial charge < -0.3 is 18.8 Å². The second-order valence-corrected chi connectivity index (χ2v) is 6.53. The number of hydrogen-bond donors (Lipinski definition) is 0. The van der Waals surface area contributed by atoms with Crippen molar-refractivity contribution in [2.24, 2.45) is 0 Å². The molecule has 0 radical (unpaired) electrons. The van der Waals surface area contributed by atoms with E-state index in [0.717, 1.165) is 5.46 Å². The van der Waals surface area contributed by atoms with Crippen molar-refractivity contribution >= 4 is 18.6 Å². The summed E-state index contributed by atoms with van der Waals surface area (Å²) < 4.78 is 22.7. The van der Waals surface area contributed by atoms with Crippen molar-refractivity contribution in [3.8, 4) is 5.75 Å². The molecule has 1 saturated heterocycles. The molecule has 126 valence electrons. The van der Waals surface area contributed by atoms with Gasteiger partial charge in [0, 0.05) is 0 Å². The summed E-state index contributed by atoms with van der Waals surface area (Å²) in [5, 5.41) is 0. The highest BCUT2D eigenvalue weighted by atomic mass is 16.7. The quantitative estimate of drug-likeness (QED) is 0.616. The predicted octanol–water partition coefficient (Wildman–Crippen LogP) is 2.56. The lowest BCUT2D eigenvalue weighted by atomic mass is 9.78. The molecule has 1 heterocycles. The molecule has 0 bridgehead atoms. The molecule has 0 spiro atoms. The predicted molar refractivity (Wildman–Crippen MR) is 89.3 cm³/mol. The molecule has 6 heteroatoms. The Morgan fingerprint density at radius 2 is 1.65 bits per heavy atom. The summed E-state index contributed by atoms with van der Waals surface area (Å²) in [7, 11) is -0.548. The highest BCUT2D eigenvalue weighted by Crippen LogP contribution is 2.36. The summed E-state index contributed by atoms with van der Waals surface area (Å²) in [5.41, 5.74) is 0.299. The van der Waals surface area contributed by atoms with Crippen LogP contribution in [-0.4, -0.2) is 37.5 Å². The second-order valence-electron chi connectivity index (χ2n) is 6.53. The maximum atomic E-state index is 12.1. The lowest BCUT2D eigenvalue weighted by molar-refractivity contribution is 0.00578. The lowest BCUT2D eigenvalue weighted by Crippen LogP contribution is -2.41. The molecule has 1 aliphatic rings. The molecule has 23 heavy (non-hydrogen) atoms. The Bertz CT molecular complexity index is 566. The van der Waals surface area contributed by atoms with E-state index in [1.54, 1.807) is 19.1 Å². The number of benzene rings is 1. The Morgan fingerprint density at radius 1 is 1.04 bits per heavy atom. The molecule has 0 saturated carbocycles. The smallest absolute Gasteiger partial charge is 0.494 e. The molecular formula is C17H25BO5. The molecule has 0 aliphatic carbocycles. The Hall–Kier alpha value is -1.53. The van der Waals surface area contributed by atoms with Crippen LogP contribution in [0.3, 0.4) is 0 Å². The summed E-state index contributed by atoms with van der Waals surface area (Å²) in [5.74, 6) is 0.217. The van der Waals surface area contributed by atoms with Crippen molar-refractivity contribution in [1.82, 2.24) is 0 Å². The van der Waals surface area contributed by atoms with Gasteiger partial charge in [-0.2, -0.15) is 0 Å². The summed E-state index contributed by atoms with van der Waals surface area (Å²) in [6, 6.07) is 5.26. The van der Waals surface area contributed by atoms with E-state index < -0.39 is 18.3 Å². The minimum Gasteiger partial charge on any atom is -0.494 e. The van der Waals surface area contributed by atoms with Gasteiger partial charge in [0.15, 0.2) is 0 Å². The zero-order valence-electron chi connectivity index (χ0n) is 14.8. The SMILES string of the molecule is CCOC(=O)c1cc(OCC)cc(B2OC(C)(C)C(C)(C)O2)c1. The Balaban J connectivity index is 2.36. The average molecular weight is 320 g/mol. The molecule has 1 aromatic rings. The molecule has 0 N–H and O–H groups in total. The number of carbonyl (C=O) groups is 1. The van der Waals surface area contributed by atoms with Gasteiger partial charge >= 0.3 is 13.1 Å². The summed E-state index contributed by atoms with van der Waals surface area (Å²) in [4.78, 5) is 12.1. The van der Waals surface area contributed by atoms with E-state index in [-0.39, 0.29) is 5.97 Å². The average Bonchev–Trinajstić information content (AvgIpc) is 2.68. The van der Waals surface area contributed by atoms with Crippen LogP contribution in [0.4, 0.5) is 0 Å². The van der Waals surface area contributed by atoms with Gasteiger partial charge in [0.1, 0.15) is 5.75 Å². The minimum absolute atomic E-state index is 0.323. The van der Waals surface area contributed by atoms with Gasteiger partial charge in [-0.1, -0.05) is 0 Å². The van der Waals surface area contributed by atoms with Crippen LogP contribution in [-0.2, 0) is 14.0 Å². The Labute approximate surface area is 138 Å². The fourth-order valence-corrected chi connectivity index (χ4v) is 2.32. The van der Waals surface area contributed by atoms with E-state index in [0.29, 0.717) is 24.5 Å². The van der Waals surface area contributed by atoms with E-state index in [9.17, 15) is 4.79 Å². The number of rotatable bonds is 5. The van der Waals surface area contributed by atoms with E-state index in [1.807, 2.05) is 40.7 Å². The first-order valence-electron chi connectivity index (χ1n) is 8.00. The molecular weight excluding hydrogens is 295 g/mol. The van der Waals surface area contributed by atoms with Crippen LogP contribution >= 0.6 is 0 Å². The van der Waals surface area contributed by atoms with E-state index in [2.05, 4.69) is 0 Å². The lowest BCUT2D eigenvalue weighted by Gasteiger charge is -2.32. The largest absolute Gasteiger partial charge is 0.494 e. The van der Waals surface area contributed by atoms with Crippen molar-refractivity contribution in [1.29, 1.82) is 0 Å². The third-order valence-corrected chi connectivity index (χ3v) is 4.28. The number of esters is 1. The zero-order chi connectivity index (χ0) is 17.3. The van der Waals surface area contributed by atoms with Crippen molar-refractivity contribution < 1.29 is 23.6 Å². The molecule has 1 aliphatic heterocycles. The molecule has 5 nitrogen and oxygen atoms in total. The van der Waals surface area contributed by atoms with Gasteiger partial charge in [-0.05, 0) is 65.2 Å². The van der Waals surface area contributed by atoms with Crippen molar-refractivity contribution in [2.45, 2.75) is 52.7 Å². The highest BCUT2D eigenvalue weighted by molar-refractivity contribution is 6.62. The third kappa shape index (κ3) is 3.70. The molecule has 2 rings (SSSR count). The summed E-state index contributed by atoms with van der Waals surface area (Å²) in [6.07, 6.45) is 0. The fourth-order valence-electron chi connectivity index (χ4n) is 2.32. The van der Waals surface area contributed by atoms with Crippen LogP contribution in [0.5, 0.6) is 5.75 Å². The van der Waals surface area contributed by atoms with Crippen LogP contribution in [0.1, 0.15) is 51.9 Å². The van der Waals surface area contributed by atoms with E-state index in [4.69, 9.17) is 18.8 Å². The standard InChI is InChI=1S/C17H25BO5/c1-7-20-14-10-12(15(19)21-8-2)9-13(11-14)18-22-16(3,4)17(5,6)23-18/h9-11H,7-8H2,1-6H3. The monoisotopic (exact) mass is 320 g/mol. The van der Waals surface area contributed by atoms with Crippen molar-refractivity contribution in [2.75, 3.05) is 13.2 Å². The van der Waals surface area contributed by atoms with Gasteiger partial charge in [-0.3, -0.25) is 0 Å². The number of hydrogen-bond acceptors (Lipinski definition) is 5. The van der Waals surface area contributed by atoms with Gasteiger partial charge in [0.25, 0.3) is 0 Å². The second kappa shape index (κ2) is 6.53. The molecule has 1 aromatic carbocycles. The molecule has 0 aromatic heterocycles. The van der Waals surface area contributed by atoms with E-state index in [1.165, 1.54) is 0 Å². The molecule has 0 unspecified atom stereocenters. The minimum atomic E-state index is -0.548. The first kappa shape index (κ1) is 17.8. The van der Waals surface area contributed by atoms with Crippen LogP contribution in [0.2, 0.25) is 0 Å². The molecule has 0 atom stereocenters. The highest BCUT2D eigenvalue weighted by Gasteiger charge is 2.51. The van der Waals surface area contributed by atoms with Crippen LogP contribution in [0.25, 0.3) is 0 Å². The van der Waals surface area contributed by atoms with Crippen LogP contribution in [0, 0.1) is 0 Å². The summed E-state index contributed by atoms with van der Waals surface area (Å²) >= 11 is 0. The van der Waals surface area contributed by atoms with Gasteiger partial charge in [0.05, 0.1) is 30.0 Å². The topological polar surface area (TPSA) is 54.0 Å². The third-order valence-electron chi connectivity index (χ3n) is 4.28. The van der Waals surface area contributed by atoms with Gasteiger partial charge in [-0.15, -0.1) is 0 Å². The Morgan fingerprint density at radius 3 is 2.17 bits per heavy atom. The van der Waals surface area contributed by atoms with Gasteiger partial charge in [0.2, 0.25) is 0 Å². The normalized spacial score (nSPS) is 18.8. The maximum absolute atomic E-state index is 12.1. The molecule has 0 amide bonds. The number of ether oxygens (including phenoxy) is 2. The summed E-state index contributed by atoms with van der Waals surface area (Å²) in [6.45, 7) is 12.5. The van der Waals surface area contributed by atoms with Crippen molar-refractivity contribution in [3.05, 3.63) is 23.8 Å².